The number of anilines is 1. The fourth-order valence-electron chi connectivity index (χ4n) is 4.03. The predicted octanol–water partition coefficient (Wildman–Crippen LogP) is 2.93. The summed E-state index contributed by atoms with van der Waals surface area (Å²) in [6.45, 7) is 2.21. The molecule has 2 aliphatic rings. The van der Waals surface area contributed by atoms with Gasteiger partial charge >= 0.3 is 0 Å². The predicted molar refractivity (Wildman–Crippen MR) is 129 cm³/mol. The van der Waals surface area contributed by atoms with Crippen molar-refractivity contribution in [3.8, 4) is 5.88 Å². The van der Waals surface area contributed by atoms with Gasteiger partial charge in [-0.1, -0.05) is 6.08 Å². The molecule has 1 N–H and O–H groups in total. The number of hydrogen-bond acceptors (Lipinski definition) is 8. The highest BCUT2D eigenvalue weighted by atomic mass is 35.5. The maximum absolute atomic E-state index is 13.0. The van der Waals surface area contributed by atoms with E-state index in [4.69, 9.17) is 26.1 Å². The summed E-state index contributed by atoms with van der Waals surface area (Å²) in [6.07, 6.45) is 3.57. The van der Waals surface area contributed by atoms with Crippen molar-refractivity contribution in [1.82, 2.24) is 14.9 Å². The second kappa shape index (κ2) is 9.44. The monoisotopic (exact) mass is 503 g/mol. The Morgan fingerprint density at radius 2 is 2.24 bits per heavy atom. The third-order valence-electron chi connectivity index (χ3n) is 5.95. The summed E-state index contributed by atoms with van der Waals surface area (Å²) in [5, 5.41) is 6.30. The standard InChI is InChI=1S/C23H23ClFN5O3S/c1-12-9-26-19-18-14-3-6-17(33-21-13(11-32-8-7-25)10-27-23(24)29-21)28-15(14)4-5-16(18)34-20(19)22(31)30(12)2/h3-5,10,12,17,26H,6-9,11H2,1-2H3/t12-,17+/m1/s1. The number of benzene rings is 1. The molecule has 0 bridgehead atoms. The number of rotatable bonds is 6. The lowest BCUT2D eigenvalue weighted by Crippen LogP contribution is -2.36. The molecular weight excluding hydrogens is 481 g/mol. The van der Waals surface area contributed by atoms with Gasteiger partial charge in [0.15, 0.2) is 6.23 Å². The van der Waals surface area contributed by atoms with Crippen LogP contribution in [-0.2, 0) is 11.3 Å². The lowest BCUT2D eigenvalue weighted by Gasteiger charge is -2.21. The van der Waals surface area contributed by atoms with Crippen molar-refractivity contribution in [2.24, 2.45) is 4.99 Å². The van der Waals surface area contributed by atoms with Gasteiger partial charge in [-0.25, -0.2) is 14.4 Å². The van der Waals surface area contributed by atoms with E-state index in [0.717, 1.165) is 31.2 Å². The molecule has 1 amide bonds. The Balaban J connectivity index is 1.49. The third-order valence-corrected chi connectivity index (χ3v) is 7.28. The van der Waals surface area contributed by atoms with E-state index in [1.54, 1.807) is 4.90 Å². The van der Waals surface area contributed by atoms with Crippen molar-refractivity contribution in [3.05, 3.63) is 44.6 Å². The van der Waals surface area contributed by atoms with Gasteiger partial charge in [0, 0.05) is 47.6 Å². The molecule has 11 heteroatoms. The number of nitrogens with one attached hydrogen (secondary N) is 1. The highest BCUT2D eigenvalue weighted by molar-refractivity contribution is 7.21. The van der Waals surface area contributed by atoms with E-state index in [0.29, 0.717) is 18.5 Å². The van der Waals surface area contributed by atoms with Crippen molar-refractivity contribution in [2.75, 3.05) is 32.2 Å². The molecule has 8 nitrogen and oxygen atoms in total. The highest BCUT2D eigenvalue weighted by Crippen LogP contribution is 2.36. The van der Waals surface area contributed by atoms with Crippen LogP contribution in [-0.4, -0.2) is 59.9 Å². The van der Waals surface area contributed by atoms with Crippen LogP contribution in [0.4, 0.5) is 10.1 Å². The largest absolute Gasteiger partial charge is 0.451 e. The number of carbonyl (C=O) groups excluding carboxylic acids is 1. The maximum Gasteiger partial charge on any atom is 0.266 e. The number of alkyl halides is 1. The molecule has 0 fully saturated rings. The number of amides is 1. The zero-order valence-electron chi connectivity index (χ0n) is 18.7. The molecule has 0 spiro atoms. The van der Waals surface area contributed by atoms with Crippen molar-refractivity contribution in [1.29, 1.82) is 0 Å². The SMILES string of the molecule is C[C@@H]1CNc2c(sc3ccc4c(c23)=CC[C@H](Oc2nc(Cl)ncc2COCCF)N=4)C(=O)N1C. The Labute approximate surface area is 204 Å². The first kappa shape index (κ1) is 22.9. The number of fused-ring (bicyclic) bond motifs is 5. The van der Waals surface area contributed by atoms with E-state index < -0.39 is 12.9 Å². The van der Waals surface area contributed by atoms with Crippen LogP contribution in [0.3, 0.4) is 0 Å². The van der Waals surface area contributed by atoms with Crippen molar-refractivity contribution in [2.45, 2.75) is 32.2 Å². The maximum atomic E-state index is 13.0. The number of thiophene rings is 1. The summed E-state index contributed by atoms with van der Waals surface area (Å²) >= 11 is 7.46. The summed E-state index contributed by atoms with van der Waals surface area (Å²) in [6, 6.07) is 4.02. The highest BCUT2D eigenvalue weighted by Gasteiger charge is 2.29. The molecule has 2 atom stereocenters. The molecule has 1 aromatic carbocycles. The molecule has 0 saturated heterocycles. The minimum atomic E-state index is -0.579. The van der Waals surface area contributed by atoms with Gasteiger partial charge in [0.25, 0.3) is 5.91 Å². The molecule has 5 rings (SSSR count). The van der Waals surface area contributed by atoms with Gasteiger partial charge in [-0.05, 0) is 30.7 Å². The fraction of sp³-hybridized carbons (Fsp3) is 0.391. The molecule has 178 valence electrons. The third kappa shape index (κ3) is 4.21. The number of halogens is 2. The molecule has 4 heterocycles. The molecule has 0 aliphatic carbocycles. The van der Waals surface area contributed by atoms with Gasteiger partial charge in [-0.15, -0.1) is 11.3 Å². The quantitative estimate of drug-likeness (QED) is 0.411. The molecular formula is C23H23ClFN5O3S. The molecule has 34 heavy (non-hydrogen) atoms. The Bertz CT molecular complexity index is 1380. The van der Waals surface area contributed by atoms with E-state index in [1.807, 2.05) is 26.1 Å². The van der Waals surface area contributed by atoms with Crippen LogP contribution in [0, 0.1) is 0 Å². The van der Waals surface area contributed by atoms with Gasteiger partial charge in [0.2, 0.25) is 11.2 Å². The first-order chi connectivity index (χ1) is 16.5. The van der Waals surface area contributed by atoms with Crippen LogP contribution in [0.25, 0.3) is 16.2 Å². The lowest BCUT2D eigenvalue weighted by molar-refractivity contribution is 0.0762. The lowest BCUT2D eigenvalue weighted by atomic mass is 10.1. The topological polar surface area (TPSA) is 88.9 Å². The van der Waals surface area contributed by atoms with E-state index in [9.17, 15) is 9.18 Å². The summed E-state index contributed by atoms with van der Waals surface area (Å²) in [4.78, 5) is 28.4. The number of aromatic nitrogens is 2. The molecule has 0 saturated carbocycles. The van der Waals surface area contributed by atoms with E-state index in [-0.39, 0.29) is 36.3 Å². The van der Waals surface area contributed by atoms with Crippen LogP contribution >= 0.6 is 22.9 Å². The number of carbonyl (C=O) groups is 1. The molecule has 0 unspecified atom stereocenters. The van der Waals surface area contributed by atoms with Crippen LogP contribution in [0.1, 0.15) is 28.6 Å². The fourth-order valence-corrected chi connectivity index (χ4v) is 5.33. The second-order valence-electron chi connectivity index (χ2n) is 8.18. The zero-order valence-corrected chi connectivity index (χ0v) is 20.2. The van der Waals surface area contributed by atoms with Crippen molar-refractivity contribution < 1.29 is 18.7 Å². The molecule has 0 radical (unpaired) electrons. The Kier molecular flexibility index (Phi) is 6.37. The number of ether oxygens (including phenoxy) is 2. The van der Waals surface area contributed by atoms with Gasteiger partial charge in [-0.2, -0.15) is 4.98 Å². The smallest absolute Gasteiger partial charge is 0.266 e. The van der Waals surface area contributed by atoms with Gasteiger partial charge < -0.3 is 19.7 Å². The average Bonchev–Trinajstić information content (AvgIpc) is 3.17. The Morgan fingerprint density at radius 3 is 3.06 bits per heavy atom. The summed E-state index contributed by atoms with van der Waals surface area (Å²) < 4.78 is 24.7. The number of likely N-dealkylation sites (N-methyl/N-ethyl adjacent to an activating group) is 1. The van der Waals surface area contributed by atoms with E-state index in [1.165, 1.54) is 17.5 Å². The second-order valence-corrected chi connectivity index (χ2v) is 9.57. The normalized spacial score (nSPS) is 19.5. The van der Waals surface area contributed by atoms with E-state index in [2.05, 4.69) is 21.4 Å². The first-order valence-corrected chi connectivity index (χ1v) is 12.1. The van der Waals surface area contributed by atoms with Crippen LogP contribution in [0.15, 0.2) is 23.3 Å². The Morgan fingerprint density at radius 1 is 1.38 bits per heavy atom. The first-order valence-electron chi connectivity index (χ1n) is 10.9. The molecule has 2 aromatic heterocycles. The molecule has 2 aliphatic heterocycles. The van der Waals surface area contributed by atoms with Crippen LogP contribution in [0.5, 0.6) is 5.88 Å². The minimum absolute atomic E-state index is 0.0247. The van der Waals surface area contributed by atoms with Crippen molar-refractivity contribution in [3.63, 3.8) is 0 Å². The number of hydrogen-bond donors (Lipinski definition) is 1. The summed E-state index contributed by atoms with van der Waals surface area (Å²) in [5.74, 6) is 0.291. The van der Waals surface area contributed by atoms with Gasteiger partial charge in [0.05, 0.1) is 29.8 Å². The van der Waals surface area contributed by atoms with E-state index >= 15 is 0 Å². The zero-order chi connectivity index (χ0) is 23.8. The van der Waals surface area contributed by atoms with Crippen molar-refractivity contribution >= 4 is 50.7 Å². The average molecular weight is 504 g/mol. The summed E-state index contributed by atoms with van der Waals surface area (Å²) in [7, 11) is 1.84. The van der Waals surface area contributed by atoms with Gasteiger partial charge in [0.1, 0.15) is 11.6 Å². The summed E-state index contributed by atoms with van der Waals surface area (Å²) in [5.41, 5.74) is 1.44. The minimum Gasteiger partial charge on any atom is -0.451 e. The van der Waals surface area contributed by atoms with Crippen LogP contribution in [0.2, 0.25) is 5.28 Å². The number of nitrogens with zero attached hydrogens (tertiary/aromatic N) is 4. The van der Waals surface area contributed by atoms with Crippen LogP contribution < -0.4 is 20.6 Å². The van der Waals surface area contributed by atoms with Gasteiger partial charge in [-0.3, -0.25) is 4.79 Å². The molecule has 3 aromatic rings. The Hall–Kier alpha value is -2.82.